The fourth-order valence-corrected chi connectivity index (χ4v) is 2.31. The number of nitrogens with zero attached hydrogens (tertiary/aromatic N) is 1. The van der Waals surface area contributed by atoms with Crippen molar-refractivity contribution in [3.8, 4) is 5.75 Å². The van der Waals surface area contributed by atoms with Gasteiger partial charge in [0.15, 0.2) is 5.75 Å². The Kier molecular flexibility index (Phi) is 9.54. The van der Waals surface area contributed by atoms with Crippen LogP contribution < -0.4 is 4.74 Å². The summed E-state index contributed by atoms with van der Waals surface area (Å²) >= 11 is 3.33. The molecule has 0 saturated carbocycles. The molecule has 0 atom stereocenters. The molecule has 0 spiro atoms. The normalized spacial score (nSPS) is 11.0. The number of unbranched alkanes of at least 4 members (excludes halogenated alkanes) is 6. The van der Waals surface area contributed by atoms with Gasteiger partial charge < -0.3 is 4.74 Å². The van der Waals surface area contributed by atoms with Gasteiger partial charge in [-0.2, -0.15) is 0 Å². The van der Waals surface area contributed by atoms with Crippen LogP contribution in [0.5, 0.6) is 5.75 Å². The molecule has 0 amide bonds. The average molecular weight is 350 g/mol. The first-order valence-electron chi connectivity index (χ1n) is 7.21. The molecular formula is C15H22BrF2NO. The van der Waals surface area contributed by atoms with E-state index >= 15 is 0 Å². The van der Waals surface area contributed by atoms with Gasteiger partial charge in [0.1, 0.15) is 4.60 Å². The maximum atomic E-state index is 11.9. The smallest absolute Gasteiger partial charge is 0.238 e. The van der Waals surface area contributed by atoms with E-state index in [4.69, 9.17) is 4.74 Å². The third-order valence-electron chi connectivity index (χ3n) is 3.05. The van der Waals surface area contributed by atoms with Gasteiger partial charge in [0.25, 0.3) is 0 Å². The second-order valence-electron chi connectivity index (χ2n) is 4.80. The van der Waals surface area contributed by atoms with Crippen LogP contribution in [0.25, 0.3) is 0 Å². The van der Waals surface area contributed by atoms with Crippen molar-refractivity contribution in [2.24, 2.45) is 0 Å². The Balaban J connectivity index is 1.89. The van der Waals surface area contributed by atoms with Gasteiger partial charge in [-0.25, -0.2) is 13.8 Å². The molecule has 0 aliphatic carbocycles. The largest absolute Gasteiger partial charge is 0.491 e. The molecule has 1 aromatic heterocycles. The van der Waals surface area contributed by atoms with E-state index in [9.17, 15) is 8.78 Å². The number of halogens is 3. The van der Waals surface area contributed by atoms with Crippen LogP contribution in [0.1, 0.15) is 51.4 Å². The van der Waals surface area contributed by atoms with Crippen LogP contribution in [0.15, 0.2) is 22.9 Å². The second kappa shape index (κ2) is 11.0. The lowest BCUT2D eigenvalue weighted by molar-refractivity contribution is 0.133. The van der Waals surface area contributed by atoms with Crippen molar-refractivity contribution >= 4 is 15.9 Å². The molecule has 1 rings (SSSR count). The van der Waals surface area contributed by atoms with Crippen molar-refractivity contribution in [2.75, 3.05) is 6.61 Å². The zero-order valence-electron chi connectivity index (χ0n) is 11.7. The van der Waals surface area contributed by atoms with Crippen LogP contribution in [0.3, 0.4) is 0 Å². The number of alkyl halides is 2. The summed E-state index contributed by atoms with van der Waals surface area (Å²) in [6.45, 7) is 0.690. The highest BCUT2D eigenvalue weighted by Crippen LogP contribution is 2.21. The Morgan fingerprint density at radius 2 is 1.70 bits per heavy atom. The van der Waals surface area contributed by atoms with Gasteiger partial charge in [-0.15, -0.1) is 0 Å². The Labute approximate surface area is 128 Å². The van der Waals surface area contributed by atoms with Crippen LogP contribution in [0, 0.1) is 0 Å². The van der Waals surface area contributed by atoms with Crippen molar-refractivity contribution in [3.05, 3.63) is 22.9 Å². The van der Waals surface area contributed by atoms with Crippen molar-refractivity contribution < 1.29 is 13.5 Å². The SMILES string of the molecule is FC(F)CCCCCCCCCOc1cccnc1Br. The predicted molar refractivity (Wildman–Crippen MR) is 80.4 cm³/mol. The van der Waals surface area contributed by atoms with E-state index < -0.39 is 6.43 Å². The fraction of sp³-hybridized carbons (Fsp3) is 0.667. The van der Waals surface area contributed by atoms with Crippen molar-refractivity contribution in [3.63, 3.8) is 0 Å². The standard InChI is InChI=1S/C15H22BrF2NO/c16-15-13(9-8-11-19-15)20-12-7-5-3-1-2-4-6-10-14(17)18/h8-9,11,14H,1-7,10,12H2. The van der Waals surface area contributed by atoms with Gasteiger partial charge in [-0.3, -0.25) is 0 Å². The van der Waals surface area contributed by atoms with Crippen LogP contribution in [0.2, 0.25) is 0 Å². The highest BCUT2D eigenvalue weighted by Gasteiger charge is 2.01. The Bertz CT molecular complexity index is 363. The molecule has 0 aliphatic heterocycles. The lowest BCUT2D eigenvalue weighted by atomic mass is 10.1. The third-order valence-corrected chi connectivity index (χ3v) is 3.64. The van der Waals surface area contributed by atoms with E-state index in [2.05, 4.69) is 20.9 Å². The van der Waals surface area contributed by atoms with E-state index in [1.165, 1.54) is 0 Å². The van der Waals surface area contributed by atoms with E-state index in [0.29, 0.717) is 13.0 Å². The lowest BCUT2D eigenvalue weighted by Gasteiger charge is -2.07. The van der Waals surface area contributed by atoms with E-state index in [-0.39, 0.29) is 6.42 Å². The summed E-state index contributed by atoms with van der Waals surface area (Å²) < 4.78 is 30.1. The number of pyridine rings is 1. The summed E-state index contributed by atoms with van der Waals surface area (Å²) in [4.78, 5) is 4.09. The molecule has 0 radical (unpaired) electrons. The maximum absolute atomic E-state index is 11.9. The Hall–Kier alpha value is -0.710. The summed E-state index contributed by atoms with van der Waals surface area (Å²) in [6.07, 6.45) is 6.65. The number of aromatic nitrogens is 1. The van der Waals surface area contributed by atoms with Crippen molar-refractivity contribution in [1.29, 1.82) is 0 Å². The minimum Gasteiger partial charge on any atom is -0.491 e. The van der Waals surface area contributed by atoms with Gasteiger partial charge >= 0.3 is 0 Å². The first-order chi connectivity index (χ1) is 9.70. The van der Waals surface area contributed by atoms with Gasteiger partial charge in [-0.1, -0.05) is 32.1 Å². The van der Waals surface area contributed by atoms with Gasteiger partial charge in [0, 0.05) is 12.6 Å². The summed E-state index contributed by atoms with van der Waals surface area (Å²) in [5, 5.41) is 0. The number of ether oxygens (including phenoxy) is 1. The van der Waals surface area contributed by atoms with Crippen LogP contribution >= 0.6 is 15.9 Å². The lowest BCUT2D eigenvalue weighted by Crippen LogP contribution is -1.98. The molecule has 0 unspecified atom stereocenters. The van der Waals surface area contributed by atoms with Crippen molar-refractivity contribution in [1.82, 2.24) is 4.98 Å². The highest BCUT2D eigenvalue weighted by molar-refractivity contribution is 9.10. The van der Waals surface area contributed by atoms with Crippen LogP contribution in [-0.2, 0) is 0 Å². The second-order valence-corrected chi connectivity index (χ2v) is 5.55. The quantitative estimate of drug-likeness (QED) is 0.382. The molecule has 0 saturated heterocycles. The first kappa shape index (κ1) is 17.3. The third kappa shape index (κ3) is 8.46. The fourth-order valence-electron chi connectivity index (χ4n) is 1.95. The summed E-state index contributed by atoms with van der Waals surface area (Å²) in [7, 11) is 0. The highest BCUT2D eigenvalue weighted by atomic mass is 79.9. The molecule has 0 fully saturated rings. The summed E-state index contributed by atoms with van der Waals surface area (Å²) in [6, 6.07) is 3.74. The predicted octanol–water partition coefficient (Wildman–Crippen LogP) is 5.61. The molecule has 2 nitrogen and oxygen atoms in total. The molecule has 1 aromatic rings. The zero-order chi connectivity index (χ0) is 14.6. The molecule has 114 valence electrons. The molecule has 0 bridgehead atoms. The molecule has 0 aromatic carbocycles. The van der Waals surface area contributed by atoms with Gasteiger partial charge in [0.2, 0.25) is 6.43 Å². The summed E-state index contributed by atoms with van der Waals surface area (Å²) in [5.41, 5.74) is 0. The first-order valence-corrected chi connectivity index (χ1v) is 8.01. The Morgan fingerprint density at radius 3 is 2.35 bits per heavy atom. The molecule has 5 heteroatoms. The topological polar surface area (TPSA) is 22.1 Å². The van der Waals surface area contributed by atoms with Crippen molar-refractivity contribution in [2.45, 2.75) is 57.8 Å². The van der Waals surface area contributed by atoms with Crippen LogP contribution in [0.4, 0.5) is 8.78 Å². The minimum atomic E-state index is -2.14. The Morgan fingerprint density at radius 1 is 1.05 bits per heavy atom. The monoisotopic (exact) mass is 349 g/mol. The molecule has 1 heterocycles. The number of hydrogen-bond donors (Lipinski definition) is 0. The van der Waals surface area contributed by atoms with Gasteiger partial charge in [0.05, 0.1) is 6.61 Å². The average Bonchev–Trinajstić information content (AvgIpc) is 2.42. The molecule has 0 aliphatic rings. The van der Waals surface area contributed by atoms with E-state index in [1.807, 2.05) is 12.1 Å². The molecular weight excluding hydrogens is 328 g/mol. The summed E-state index contributed by atoms with van der Waals surface area (Å²) in [5.74, 6) is 0.777. The van der Waals surface area contributed by atoms with Crippen LogP contribution in [-0.4, -0.2) is 18.0 Å². The maximum Gasteiger partial charge on any atom is 0.238 e. The zero-order valence-corrected chi connectivity index (χ0v) is 13.2. The van der Waals surface area contributed by atoms with E-state index in [1.54, 1.807) is 6.20 Å². The molecule has 20 heavy (non-hydrogen) atoms. The van der Waals surface area contributed by atoms with E-state index in [0.717, 1.165) is 48.9 Å². The number of rotatable bonds is 11. The van der Waals surface area contributed by atoms with Gasteiger partial charge in [-0.05, 0) is 40.9 Å². The number of hydrogen-bond acceptors (Lipinski definition) is 2. The minimum absolute atomic E-state index is 0.0494. The molecule has 0 N–H and O–H groups in total.